The van der Waals surface area contributed by atoms with Crippen molar-refractivity contribution < 1.29 is 9.90 Å². The lowest BCUT2D eigenvalue weighted by Crippen LogP contribution is -2.45. The topological polar surface area (TPSA) is 75.4 Å². The first kappa shape index (κ1) is 11.9. The van der Waals surface area contributed by atoms with Crippen molar-refractivity contribution in [1.82, 2.24) is 5.32 Å². The van der Waals surface area contributed by atoms with Gasteiger partial charge in [-0.05, 0) is 31.0 Å². The van der Waals surface area contributed by atoms with E-state index < -0.39 is 6.10 Å². The predicted octanol–water partition coefficient (Wildman–Crippen LogP) is 1.30. The van der Waals surface area contributed by atoms with E-state index >= 15 is 0 Å². The first-order valence-electron chi connectivity index (χ1n) is 6.01. The number of anilines is 1. The van der Waals surface area contributed by atoms with Crippen LogP contribution in [0.2, 0.25) is 0 Å². The second-order valence-electron chi connectivity index (χ2n) is 4.56. The number of nitrogens with one attached hydrogen (secondary N) is 1. The fraction of sp³-hybridized carbons (Fsp3) is 0.462. The number of nitrogens with two attached hydrogens (primary N) is 1. The Bertz CT molecular complexity index is 406. The number of hydrogen-bond acceptors (Lipinski definition) is 3. The van der Waals surface area contributed by atoms with Gasteiger partial charge >= 0.3 is 0 Å². The summed E-state index contributed by atoms with van der Waals surface area (Å²) in [6, 6.07) is 6.73. The van der Waals surface area contributed by atoms with Crippen LogP contribution in [0.4, 0.5) is 5.69 Å². The number of aliphatic hydroxyl groups excluding tert-OH is 1. The molecular formula is C13H18N2O2. The zero-order chi connectivity index (χ0) is 12.3. The molecule has 1 fully saturated rings. The molecule has 4 N–H and O–H groups in total. The molecule has 1 saturated carbocycles. The van der Waals surface area contributed by atoms with Crippen LogP contribution in [0.5, 0.6) is 0 Å². The Kier molecular flexibility index (Phi) is 3.64. The summed E-state index contributed by atoms with van der Waals surface area (Å²) in [5.41, 5.74) is 6.74. The van der Waals surface area contributed by atoms with Crippen LogP contribution >= 0.6 is 0 Å². The fourth-order valence-corrected chi connectivity index (χ4v) is 2.21. The molecule has 1 aromatic carbocycles. The van der Waals surface area contributed by atoms with Crippen LogP contribution in [0.3, 0.4) is 0 Å². The number of hydrogen-bond donors (Lipinski definition) is 3. The maximum absolute atomic E-state index is 11.9. The number of carbonyl (C=O) groups excluding carboxylic acids is 1. The fourth-order valence-electron chi connectivity index (χ4n) is 2.21. The zero-order valence-corrected chi connectivity index (χ0v) is 9.73. The maximum Gasteiger partial charge on any atom is 0.251 e. The van der Waals surface area contributed by atoms with Crippen LogP contribution in [-0.4, -0.2) is 23.2 Å². The van der Waals surface area contributed by atoms with Crippen LogP contribution in [0.15, 0.2) is 24.3 Å². The summed E-state index contributed by atoms with van der Waals surface area (Å²) in [6.45, 7) is 0. The first-order valence-corrected chi connectivity index (χ1v) is 6.01. The summed E-state index contributed by atoms with van der Waals surface area (Å²) >= 11 is 0. The highest BCUT2D eigenvalue weighted by Crippen LogP contribution is 2.19. The van der Waals surface area contributed by atoms with Gasteiger partial charge in [0.1, 0.15) is 0 Å². The maximum atomic E-state index is 11.9. The summed E-state index contributed by atoms with van der Waals surface area (Å²) in [6.07, 6.45) is 3.27. The monoisotopic (exact) mass is 234 g/mol. The molecular weight excluding hydrogens is 216 g/mol. The van der Waals surface area contributed by atoms with Gasteiger partial charge in [0.15, 0.2) is 0 Å². The van der Waals surface area contributed by atoms with E-state index in [1.807, 2.05) is 0 Å². The van der Waals surface area contributed by atoms with Gasteiger partial charge in [-0.1, -0.05) is 18.9 Å². The number of nitrogen functional groups attached to an aromatic ring is 1. The van der Waals surface area contributed by atoms with Gasteiger partial charge in [-0.15, -0.1) is 0 Å². The van der Waals surface area contributed by atoms with Gasteiger partial charge in [0.2, 0.25) is 0 Å². The van der Waals surface area contributed by atoms with Crippen LogP contribution in [-0.2, 0) is 0 Å². The molecule has 4 nitrogen and oxygen atoms in total. The third kappa shape index (κ3) is 2.97. The molecule has 92 valence electrons. The van der Waals surface area contributed by atoms with Gasteiger partial charge in [0.25, 0.3) is 5.91 Å². The van der Waals surface area contributed by atoms with Crippen molar-refractivity contribution in [3.63, 3.8) is 0 Å². The van der Waals surface area contributed by atoms with Crippen molar-refractivity contribution in [2.24, 2.45) is 0 Å². The van der Waals surface area contributed by atoms with E-state index in [0.717, 1.165) is 25.7 Å². The molecule has 0 aromatic heterocycles. The van der Waals surface area contributed by atoms with Crippen molar-refractivity contribution in [2.75, 3.05) is 5.73 Å². The Hall–Kier alpha value is -1.55. The number of amides is 1. The molecule has 2 atom stereocenters. The number of benzene rings is 1. The van der Waals surface area contributed by atoms with E-state index in [2.05, 4.69) is 5.32 Å². The number of rotatable bonds is 2. The van der Waals surface area contributed by atoms with Crippen LogP contribution in [0.25, 0.3) is 0 Å². The van der Waals surface area contributed by atoms with Crippen LogP contribution in [0.1, 0.15) is 36.0 Å². The van der Waals surface area contributed by atoms with E-state index in [-0.39, 0.29) is 11.9 Å². The molecule has 0 radical (unpaired) electrons. The van der Waals surface area contributed by atoms with Crippen molar-refractivity contribution >= 4 is 11.6 Å². The average Bonchev–Trinajstić information content (AvgIpc) is 2.32. The molecule has 1 aromatic rings. The highest BCUT2D eigenvalue weighted by atomic mass is 16.3. The van der Waals surface area contributed by atoms with Crippen molar-refractivity contribution in [3.8, 4) is 0 Å². The Morgan fingerprint density at radius 2 is 2.12 bits per heavy atom. The van der Waals surface area contributed by atoms with Crippen LogP contribution in [0, 0.1) is 0 Å². The second kappa shape index (κ2) is 5.19. The lowest BCUT2D eigenvalue weighted by molar-refractivity contribution is 0.0717. The van der Waals surface area contributed by atoms with Gasteiger partial charge in [0.05, 0.1) is 12.1 Å². The Morgan fingerprint density at radius 3 is 2.82 bits per heavy atom. The zero-order valence-electron chi connectivity index (χ0n) is 9.73. The standard InChI is InChI=1S/C13H18N2O2/c14-10-5-3-4-9(8-10)13(17)15-11-6-1-2-7-12(11)16/h3-5,8,11-12,16H,1-2,6-7,14H2,(H,15,17). The SMILES string of the molecule is Nc1cccc(C(=O)NC2CCCCC2O)c1. The van der Waals surface area contributed by atoms with Gasteiger partial charge in [0, 0.05) is 11.3 Å². The molecule has 0 bridgehead atoms. The van der Waals surface area contributed by atoms with Crippen LogP contribution < -0.4 is 11.1 Å². The Balaban J connectivity index is 2.01. The van der Waals surface area contributed by atoms with E-state index in [9.17, 15) is 9.90 Å². The quantitative estimate of drug-likeness (QED) is 0.675. The minimum absolute atomic E-state index is 0.127. The molecule has 0 spiro atoms. The molecule has 0 saturated heterocycles. The van der Waals surface area contributed by atoms with Crippen molar-refractivity contribution in [2.45, 2.75) is 37.8 Å². The second-order valence-corrected chi connectivity index (χ2v) is 4.56. The molecule has 2 unspecified atom stereocenters. The third-order valence-electron chi connectivity index (χ3n) is 3.19. The van der Waals surface area contributed by atoms with Crippen molar-refractivity contribution in [1.29, 1.82) is 0 Å². The lowest BCUT2D eigenvalue weighted by Gasteiger charge is -2.28. The average molecular weight is 234 g/mol. The largest absolute Gasteiger partial charge is 0.399 e. The van der Waals surface area contributed by atoms with Gasteiger partial charge in [-0.25, -0.2) is 0 Å². The van der Waals surface area contributed by atoms with Crippen molar-refractivity contribution in [3.05, 3.63) is 29.8 Å². The summed E-state index contributed by atoms with van der Waals surface area (Å²) in [4.78, 5) is 11.9. The smallest absolute Gasteiger partial charge is 0.251 e. The molecule has 2 rings (SSSR count). The lowest BCUT2D eigenvalue weighted by atomic mass is 9.92. The molecule has 0 heterocycles. The first-order chi connectivity index (χ1) is 8.16. The molecule has 17 heavy (non-hydrogen) atoms. The summed E-state index contributed by atoms with van der Waals surface area (Å²) in [7, 11) is 0. The predicted molar refractivity (Wildman–Crippen MR) is 66.6 cm³/mol. The summed E-state index contributed by atoms with van der Waals surface area (Å²) in [5, 5.41) is 12.6. The van der Waals surface area contributed by atoms with E-state index in [1.54, 1.807) is 24.3 Å². The Labute approximate surface area is 101 Å². The van der Waals surface area contributed by atoms with Gasteiger partial charge in [-0.3, -0.25) is 4.79 Å². The molecule has 0 aliphatic heterocycles. The third-order valence-corrected chi connectivity index (χ3v) is 3.19. The van der Waals surface area contributed by atoms with E-state index in [1.165, 1.54) is 0 Å². The molecule has 4 heteroatoms. The highest BCUT2D eigenvalue weighted by molar-refractivity contribution is 5.95. The number of aliphatic hydroxyl groups is 1. The molecule has 1 amide bonds. The molecule has 1 aliphatic carbocycles. The van der Waals surface area contributed by atoms with E-state index in [0.29, 0.717) is 11.3 Å². The van der Waals surface area contributed by atoms with Gasteiger partial charge < -0.3 is 16.2 Å². The summed E-state index contributed by atoms with van der Waals surface area (Å²) in [5.74, 6) is -0.164. The Morgan fingerprint density at radius 1 is 1.35 bits per heavy atom. The normalized spacial score (nSPS) is 24.3. The van der Waals surface area contributed by atoms with Gasteiger partial charge in [-0.2, -0.15) is 0 Å². The highest BCUT2D eigenvalue weighted by Gasteiger charge is 2.24. The molecule has 1 aliphatic rings. The minimum Gasteiger partial charge on any atom is -0.399 e. The minimum atomic E-state index is -0.422. The summed E-state index contributed by atoms with van der Waals surface area (Å²) < 4.78 is 0. The number of carbonyl (C=O) groups is 1. The van der Waals surface area contributed by atoms with E-state index in [4.69, 9.17) is 5.73 Å².